The molecule has 32 heavy (non-hydrogen) atoms. The molecule has 2 aliphatic rings. The Morgan fingerprint density at radius 1 is 1.03 bits per heavy atom. The van der Waals surface area contributed by atoms with Crippen LogP contribution in [0.5, 0.6) is 0 Å². The maximum absolute atomic E-state index is 14.9. The minimum Gasteiger partial charge on any atom is -0.442 e. The van der Waals surface area contributed by atoms with Crippen LogP contribution in [0.15, 0.2) is 48.5 Å². The number of ether oxygens (including phenoxy) is 1. The molecule has 2 saturated heterocycles. The Morgan fingerprint density at radius 2 is 1.69 bits per heavy atom. The fourth-order valence-corrected chi connectivity index (χ4v) is 3.86. The molecule has 4 rings (SSSR count). The lowest BCUT2D eigenvalue weighted by Gasteiger charge is -2.37. The molecule has 2 amide bonds. The highest BCUT2D eigenvalue weighted by Gasteiger charge is 2.33. The van der Waals surface area contributed by atoms with Gasteiger partial charge in [0.2, 0.25) is 5.91 Å². The van der Waals surface area contributed by atoms with E-state index in [1.807, 2.05) is 23.1 Å². The molecule has 0 spiro atoms. The third-order valence-electron chi connectivity index (χ3n) is 5.44. The van der Waals surface area contributed by atoms with E-state index in [0.29, 0.717) is 11.4 Å². The first-order valence-corrected chi connectivity index (χ1v) is 10.1. The van der Waals surface area contributed by atoms with Gasteiger partial charge in [0.25, 0.3) is 0 Å². The Kier molecular flexibility index (Phi) is 8.39. The summed E-state index contributed by atoms with van der Waals surface area (Å²) in [5.41, 5.74) is 2.16. The molecule has 2 aromatic rings. The Hall–Kier alpha value is -3.37. The molecule has 0 radical (unpaired) electrons. The monoisotopic (exact) mass is 448 g/mol. The van der Waals surface area contributed by atoms with Crippen molar-refractivity contribution in [1.29, 1.82) is 0 Å². The number of carbonyl (C=O) groups is 2. The van der Waals surface area contributed by atoms with Crippen molar-refractivity contribution in [3.8, 4) is 0 Å². The molecule has 0 bridgehead atoms. The second-order valence-corrected chi connectivity index (χ2v) is 7.50. The van der Waals surface area contributed by atoms with Crippen molar-refractivity contribution in [2.75, 3.05) is 54.0 Å². The summed E-state index contributed by atoms with van der Waals surface area (Å²) in [4.78, 5) is 28.9. The normalized spacial score (nSPS) is 17.9. The van der Waals surface area contributed by atoms with Gasteiger partial charge in [-0.2, -0.15) is 0 Å². The van der Waals surface area contributed by atoms with E-state index in [2.05, 4.69) is 22.3 Å². The Balaban J connectivity index is 0.00000181. The van der Waals surface area contributed by atoms with Gasteiger partial charge in [-0.25, -0.2) is 9.18 Å². The summed E-state index contributed by atoms with van der Waals surface area (Å²) in [5.74, 6) is -0.550. The molecule has 0 aliphatic carbocycles. The van der Waals surface area contributed by atoms with Gasteiger partial charge in [0.1, 0.15) is 11.9 Å². The number of rotatable bonds is 5. The number of para-hydroxylation sites is 1. The summed E-state index contributed by atoms with van der Waals surface area (Å²) in [5, 5.41) is 2.63. The number of nitrogens with zero attached hydrogens (tertiary/aromatic N) is 3. The predicted molar refractivity (Wildman–Crippen MR) is 121 cm³/mol. The summed E-state index contributed by atoms with van der Waals surface area (Å²) in [6.45, 7) is 4.98. The molecule has 0 saturated carbocycles. The van der Waals surface area contributed by atoms with Crippen molar-refractivity contribution in [2.24, 2.45) is 0 Å². The quantitative estimate of drug-likeness (QED) is 0.729. The van der Waals surface area contributed by atoms with E-state index in [-0.39, 0.29) is 35.8 Å². The second kappa shape index (κ2) is 10.8. The van der Waals surface area contributed by atoms with Crippen LogP contribution in [-0.2, 0) is 9.53 Å². The van der Waals surface area contributed by atoms with Gasteiger partial charge in [-0.15, -0.1) is 0 Å². The van der Waals surface area contributed by atoms with Crippen LogP contribution in [0.2, 0.25) is 0 Å². The van der Waals surface area contributed by atoms with Crippen molar-refractivity contribution in [2.45, 2.75) is 13.0 Å². The summed E-state index contributed by atoms with van der Waals surface area (Å²) < 4.78 is 20.1. The molecule has 2 heterocycles. The standard InChI is InChI=1S/C22H25FN4O3.2H2O/c1-16(28)24-14-19-15-27(22(29)30-19)18-7-8-21(20(23)13-18)26-11-9-25(10-12-26)17-5-3-2-4-6-17;;/h2-8,13,19H,9-12,14-15H2,1H3,(H,24,28);2*1H2/t19-;;/m0../s1. The maximum atomic E-state index is 14.9. The average molecular weight is 448 g/mol. The number of cyclic esters (lactones) is 1. The first-order chi connectivity index (χ1) is 14.5. The number of halogens is 1. The van der Waals surface area contributed by atoms with Gasteiger partial charge in [-0.1, -0.05) is 18.2 Å². The SMILES string of the molecule is CC(=O)NC[C@H]1CN(c2ccc(N3CCN(c4ccccc4)CC3)c(F)c2)C(=O)O1.O.O. The molecule has 1 atom stereocenters. The Morgan fingerprint density at radius 3 is 2.31 bits per heavy atom. The molecule has 5 N–H and O–H groups in total. The van der Waals surface area contributed by atoms with Crippen LogP contribution in [0, 0.1) is 5.82 Å². The van der Waals surface area contributed by atoms with Gasteiger partial charge in [0, 0.05) is 38.8 Å². The number of benzene rings is 2. The average Bonchev–Trinajstić information content (AvgIpc) is 3.13. The topological polar surface area (TPSA) is 128 Å². The van der Waals surface area contributed by atoms with Crippen molar-refractivity contribution in [1.82, 2.24) is 5.32 Å². The van der Waals surface area contributed by atoms with E-state index in [4.69, 9.17) is 4.74 Å². The molecule has 2 aromatic carbocycles. The lowest BCUT2D eigenvalue weighted by molar-refractivity contribution is -0.119. The fraction of sp³-hybridized carbons (Fsp3) is 0.364. The zero-order valence-electron chi connectivity index (χ0n) is 17.9. The minimum absolute atomic E-state index is 0. The Labute approximate surface area is 186 Å². The van der Waals surface area contributed by atoms with Crippen molar-refractivity contribution in [3.05, 3.63) is 54.3 Å². The van der Waals surface area contributed by atoms with Gasteiger partial charge in [-0.05, 0) is 30.3 Å². The van der Waals surface area contributed by atoms with E-state index in [1.165, 1.54) is 23.6 Å². The molecule has 10 heteroatoms. The van der Waals surface area contributed by atoms with Gasteiger partial charge in [0.15, 0.2) is 0 Å². The lowest BCUT2D eigenvalue weighted by atomic mass is 10.2. The summed E-state index contributed by atoms with van der Waals surface area (Å²) in [6, 6.07) is 15.0. The van der Waals surface area contributed by atoms with E-state index in [9.17, 15) is 14.0 Å². The highest BCUT2D eigenvalue weighted by molar-refractivity contribution is 5.90. The van der Waals surface area contributed by atoms with Gasteiger partial charge in [0.05, 0.1) is 24.5 Å². The highest BCUT2D eigenvalue weighted by Crippen LogP contribution is 2.29. The second-order valence-electron chi connectivity index (χ2n) is 7.50. The Bertz CT molecular complexity index is 922. The van der Waals surface area contributed by atoms with Gasteiger partial charge in [-0.3, -0.25) is 9.69 Å². The van der Waals surface area contributed by atoms with Crippen LogP contribution in [0.4, 0.5) is 26.2 Å². The van der Waals surface area contributed by atoms with Crippen LogP contribution in [0.3, 0.4) is 0 Å². The zero-order chi connectivity index (χ0) is 21.1. The number of hydrogen-bond donors (Lipinski definition) is 1. The third kappa shape index (κ3) is 5.45. The molecule has 2 aliphatic heterocycles. The molecule has 0 aromatic heterocycles. The minimum atomic E-state index is -0.533. The number of amides is 2. The largest absolute Gasteiger partial charge is 0.442 e. The molecule has 0 unspecified atom stereocenters. The van der Waals surface area contributed by atoms with Crippen LogP contribution in [0.25, 0.3) is 0 Å². The highest BCUT2D eigenvalue weighted by atomic mass is 19.1. The number of hydrogen-bond acceptors (Lipinski definition) is 5. The molecular weight excluding hydrogens is 419 g/mol. The first-order valence-electron chi connectivity index (χ1n) is 10.1. The van der Waals surface area contributed by atoms with Crippen LogP contribution in [-0.4, -0.2) is 68.3 Å². The van der Waals surface area contributed by atoms with Crippen LogP contribution >= 0.6 is 0 Å². The van der Waals surface area contributed by atoms with Crippen molar-refractivity contribution in [3.63, 3.8) is 0 Å². The summed E-state index contributed by atoms with van der Waals surface area (Å²) in [6.07, 6.45) is -0.982. The van der Waals surface area contributed by atoms with E-state index in [0.717, 1.165) is 26.2 Å². The van der Waals surface area contributed by atoms with Crippen molar-refractivity contribution < 1.29 is 29.7 Å². The molecular formula is C22H29FN4O5. The van der Waals surface area contributed by atoms with Crippen LogP contribution in [0.1, 0.15) is 6.92 Å². The van der Waals surface area contributed by atoms with Gasteiger partial charge < -0.3 is 30.8 Å². The number of carbonyl (C=O) groups excluding carboxylic acids is 2. The first kappa shape index (κ1) is 24.9. The predicted octanol–water partition coefficient (Wildman–Crippen LogP) is 0.964. The van der Waals surface area contributed by atoms with Gasteiger partial charge >= 0.3 is 6.09 Å². The van der Waals surface area contributed by atoms with Crippen molar-refractivity contribution >= 4 is 29.1 Å². The lowest BCUT2D eigenvalue weighted by Crippen LogP contribution is -2.46. The smallest absolute Gasteiger partial charge is 0.414 e. The molecule has 2 fully saturated rings. The fourth-order valence-electron chi connectivity index (χ4n) is 3.86. The van der Waals surface area contributed by atoms with Crippen LogP contribution < -0.4 is 20.0 Å². The number of piperazine rings is 1. The molecule has 174 valence electrons. The van der Waals surface area contributed by atoms with E-state index < -0.39 is 12.2 Å². The molecule has 9 nitrogen and oxygen atoms in total. The van der Waals surface area contributed by atoms with E-state index in [1.54, 1.807) is 12.1 Å². The zero-order valence-corrected chi connectivity index (χ0v) is 17.9. The number of nitrogens with one attached hydrogen (secondary N) is 1. The third-order valence-corrected chi connectivity index (χ3v) is 5.44. The maximum Gasteiger partial charge on any atom is 0.414 e. The summed E-state index contributed by atoms with van der Waals surface area (Å²) in [7, 11) is 0. The van der Waals surface area contributed by atoms with E-state index >= 15 is 0 Å². The number of anilines is 3. The summed E-state index contributed by atoms with van der Waals surface area (Å²) >= 11 is 0.